The summed E-state index contributed by atoms with van der Waals surface area (Å²) in [4.78, 5) is 14.5. The largest absolute Gasteiger partial charge is 0.456 e. The summed E-state index contributed by atoms with van der Waals surface area (Å²) in [5.74, 6) is 1.11. The monoisotopic (exact) mass is 270 g/mol. The molecule has 1 aliphatic rings. The van der Waals surface area contributed by atoms with Crippen molar-refractivity contribution >= 4 is 17.3 Å². The lowest BCUT2D eigenvalue weighted by Crippen LogP contribution is -2.35. The molecule has 0 unspecified atom stereocenters. The number of amides is 1. The number of anilines is 2. The average molecular weight is 270 g/mol. The van der Waals surface area contributed by atoms with Crippen LogP contribution in [-0.2, 0) is 6.42 Å². The van der Waals surface area contributed by atoms with Gasteiger partial charge >= 0.3 is 0 Å². The summed E-state index contributed by atoms with van der Waals surface area (Å²) in [5, 5.41) is 0. The first-order chi connectivity index (χ1) is 9.58. The summed E-state index contributed by atoms with van der Waals surface area (Å²) in [5.41, 5.74) is 9.62. The van der Waals surface area contributed by atoms with Crippen molar-refractivity contribution in [2.45, 2.75) is 26.7 Å². The van der Waals surface area contributed by atoms with Crippen molar-refractivity contribution in [3.63, 3.8) is 0 Å². The molecule has 0 atom stereocenters. The molecule has 2 aromatic rings. The van der Waals surface area contributed by atoms with Crippen molar-refractivity contribution in [1.29, 1.82) is 0 Å². The van der Waals surface area contributed by atoms with Crippen LogP contribution in [0.3, 0.4) is 0 Å². The fourth-order valence-electron chi connectivity index (χ4n) is 2.84. The summed E-state index contributed by atoms with van der Waals surface area (Å²) in [6, 6.07) is 7.61. The number of hydrogen-bond donors (Lipinski definition) is 1. The van der Waals surface area contributed by atoms with Crippen molar-refractivity contribution < 1.29 is 9.21 Å². The summed E-state index contributed by atoms with van der Waals surface area (Å²) in [6.07, 6.45) is 1.84. The van der Waals surface area contributed by atoms with Crippen LogP contribution in [0.1, 0.15) is 33.9 Å². The zero-order valence-corrected chi connectivity index (χ0v) is 11.8. The lowest BCUT2D eigenvalue weighted by Gasteiger charge is -2.29. The molecule has 2 heterocycles. The second-order valence-corrected chi connectivity index (χ2v) is 5.27. The predicted molar refractivity (Wildman–Crippen MR) is 79.0 cm³/mol. The van der Waals surface area contributed by atoms with Crippen molar-refractivity contribution in [3.05, 3.63) is 46.9 Å². The van der Waals surface area contributed by atoms with Gasteiger partial charge in [-0.1, -0.05) is 6.07 Å². The Balaban J connectivity index is 2.03. The summed E-state index contributed by atoms with van der Waals surface area (Å²) < 4.78 is 5.55. The van der Waals surface area contributed by atoms with Gasteiger partial charge in [0.05, 0.1) is 0 Å². The van der Waals surface area contributed by atoms with Gasteiger partial charge in [-0.15, -0.1) is 0 Å². The molecule has 20 heavy (non-hydrogen) atoms. The van der Waals surface area contributed by atoms with Crippen LogP contribution in [0.15, 0.2) is 28.7 Å². The Bertz CT molecular complexity index is 673. The van der Waals surface area contributed by atoms with Crippen LogP contribution in [0.2, 0.25) is 0 Å². The Morgan fingerprint density at radius 3 is 2.85 bits per heavy atom. The van der Waals surface area contributed by atoms with E-state index in [9.17, 15) is 4.79 Å². The van der Waals surface area contributed by atoms with Crippen LogP contribution < -0.4 is 10.6 Å². The Morgan fingerprint density at radius 2 is 2.15 bits per heavy atom. The second-order valence-electron chi connectivity index (χ2n) is 5.27. The Kier molecular flexibility index (Phi) is 3.01. The zero-order valence-electron chi connectivity index (χ0n) is 11.8. The normalized spacial score (nSPS) is 14.2. The highest BCUT2D eigenvalue weighted by molar-refractivity contribution is 6.06. The number of fused-ring (bicyclic) bond motifs is 1. The van der Waals surface area contributed by atoms with E-state index in [1.807, 2.05) is 38.1 Å². The molecular formula is C16H18N2O2. The van der Waals surface area contributed by atoms with E-state index in [1.54, 1.807) is 4.90 Å². The summed E-state index contributed by atoms with van der Waals surface area (Å²) in [6.45, 7) is 4.45. The molecule has 0 saturated heterocycles. The minimum atomic E-state index is -0.0813. The van der Waals surface area contributed by atoms with E-state index < -0.39 is 0 Å². The molecule has 0 radical (unpaired) electrons. The van der Waals surface area contributed by atoms with Gasteiger partial charge in [0.2, 0.25) is 0 Å². The Labute approximate surface area is 118 Å². The van der Waals surface area contributed by atoms with Gasteiger partial charge in [0.25, 0.3) is 5.91 Å². The first kappa shape index (κ1) is 12.8. The van der Waals surface area contributed by atoms with Crippen molar-refractivity contribution in [3.8, 4) is 0 Å². The minimum absolute atomic E-state index is 0.0813. The number of aryl methyl sites for hydroxylation is 2. The molecule has 1 amide bonds. The molecule has 0 bridgehead atoms. The number of nitrogens with two attached hydrogens (primary N) is 1. The number of carbonyl (C=O) groups excluding carboxylic acids is 1. The standard InChI is InChI=1S/C16H18N2O2/c1-10-9-11(2)20-15(10)16(19)18-8-4-5-12-13(17)6-3-7-14(12)18/h3,6-7,9H,4-5,8,17H2,1-2H3. The molecule has 4 nitrogen and oxygen atoms in total. The first-order valence-electron chi connectivity index (χ1n) is 6.84. The maximum atomic E-state index is 12.7. The summed E-state index contributed by atoms with van der Waals surface area (Å²) in [7, 11) is 0. The number of nitrogen functional groups attached to an aromatic ring is 1. The number of furan rings is 1. The molecule has 4 heteroatoms. The highest BCUT2D eigenvalue weighted by Crippen LogP contribution is 2.32. The van der Waals surface area contributed by atoms with Crippen LogP contribution in [-0.4, -0.2) is 12.5 Å². The number of benzene rings is 1. The number of hydrogen-bond acceptors (Lipinski definition) is 3. The van der Waals surface area contributed by atoms with Crippen LogP contribution in [0, 0.1) is 13.8 Å². The fraction of sp³-hybridized carbons (Fsp3) is 0.312. The molecule has 1 aliphatic heterocycles. The fourth-order valence-corrected chi connectivity index (χ4v) is 2.84. The van der Waals surface area contributed by atoms with Crippen LogP contribution in [0.25, 0.3) is 0 Å². The Morgan fingerprint density at radius 1 is 1.35 bits per heavy atom. The molecular weight excluding hydrogens is 252 g/mol. The van der Waals surface area contributed by atoms with E-state index >= 15 is 0 Å². The Hall–Kier alpha value is -2.23. The third-order valence-corrected chi connectivity index (χ3v) is 3.77. The van der Waals surface area contributed by atoms with Gasteiger partial charge in [-0.25, -0.2) is 0 Å². The van der Waals surface area contributed by atoms with Gasteiger partial charge in [0.1, 0.15) is 5.76 Å². The van der Waals surface area contributed by atoms with Crippen molar-refractivity contribution in [2.24, 2.45) is 0 Å². The van der Waals surface area contributed by atoms with Gasteiger partial charge in [-0.2, -0.15) is 0 Å². The second kappa shape index (κ2) is 4.71. The van der Waals surface area contributed by atoms with E-state index in [0.29, 0.717) is 12.3 Å². The number of nitrogens with zero attached hydrogens (tertiary/aromatic N) is 1. The van der Waals surface area contributed by atoms with Crippen LogP contribution in [0.5, 0.6) is 0 Å². The molecule has 0 saturated carbocycles. The van der Waals surface area contributed by atoms with Gasteiger partial charge < -0.3 is 15.1 Å². The molecule has 3 rings (SSSR count). The number of rotatable bonds is 1. The lowest BCUT2D eigenvalue weighted by atomic mass is 9.99. The van der Waals surface area contributed by atoms with Crippen molar-refractivity contribution in [1.82, 2.24) is 0 Å². The topological polar surface area (TPSA) is 59.5 Å². The van der Waals surface area contributed by atoms with Crippen LogP contribution >= 0.6 is 0 Å². The zero-order chi connectivity index (χ0) is 14.3. The van der Waals surface area contributed by atoms with Gasteiger partial charge in [-0.3, -0.25) is 4.79 Å². The molecule has 0 aliphatic carbocycles. The first-order valence-corrected chi connectivity index (χ1v) is 6.84. The van der Waals surface area contributed by atoms with Gasteiger partial charge in [-0.05, 0) is 50.5 Å². The highest BCUT2D eigenvalue weighted by Gasteiger charge is 2.27. The average Bonchev–Trinajstić information content (AvgIpc) is 2.77. The lowest BCUT2D eigenvalue weighted by molar-refractivity contribution is 0.0956. The van der Waals surface area contributed by atoms with Crippen molar-refractivity contribution in [2.75, 3.05) is 17.2 Å². The van der Waals surface area contributed by atoms with E-state index in [2.05, 4.69) is 0 Å². The highest BCUT2D eigenvalue weighted by atomic mass is 16.4. The van der Waals surface area contributed by atoms with E-state index in [1.165, 1.54) is 0 Å². The molecule has 1 aromatic heterocycles. The van der Waals surface area contributed by atoms with E-state index in [4.69, 9.17) is 10.2 Å². The molecule has 1 aromatic carbocycles. The predicted octanol–water partition coefficient (Wildman–Crippen LogP) is 3.07. The minimum Gasteiger partial charge on any atom is -0.456 e. The number of carbonyl (C=O) groups is 1. The molecule has 104 valence electrons. The van der Waals surface area contributed by atoms with E-state index in [0.717, 1.165) is 41.1 Å². The third-order valence-electron chi connectivity index (χ3n) is 3.77. The van der Waals surface area contributed by atoms with Gasteiger partial charge in [0, 0.05) is 23.5 Å². The smallest absolute Gasteiger partial charge is 0.294 e. The molecule has 0 fully saturated rings. The summed E-state index contributed by atoms with van der Waals surface area (Å²) >= 11 is 0. The van der Waals surface area contributed by atoms with E-state index in [-0.39, 0.29) is 5.91 Å². The molecule has 0 spiro atoms. The van der Waals surface area contributed by atoms with Crippen LogP contribution in [0.4, 0.5) is 11.4 Å². The SMILES string of the molecule is Cc1cc(C)c(C(=O)N2CCCc3c(N)cccc32)o1. The third kappa shape index (κ3) is 1.97. The maximum absolute atomic E-state index is 12.7. The maximum Gasteiger partial charge on any atom is 0.294 e. The van der Waals surface area contributed by atoms with Gasteiger partial charge in [0.15, 0.2) is 5.76 Å². The quantitative estimate of drug-likeness (QED) is 0.810. The molecule has 2 N–H and O–H groups in total.